The molecule has 0 bridgehead atoms. The van der Waals surface area contributed by atoms with Gasteiger partial charge in [-0.1, -0.05) is 0 Å². The first kappa shape index (κ1) is 7.46. The van der Waals surface area contributed by atoms with Gasteiger partial charge in [-0.15, -0.1) is 0 Å². The second-order valence-electron chi connectivity index (χ2n) is 2.32. The average molecular weight is 145 g/mol. The highest BCUT2D eigenvalue weighted by Gasteiger charge is 2.30. The summed E-state index contributed by atoms with van der Waals surface area (Å²) in [5.41, 5.74) is 5.54. The maximum Gasteiger partial charge on any atom is 0.343 e. The average Bonchev–Trinajstić information content (AvgIpc) is 2.34. The summed E-state index contributed by atoms with van der Waals surface area (Å²) in [6, 6.07) is -0.568. The van der Waals surface area contributed by atoms with Crippen molar-refractivity contribution in [2.24, 2.45) is 11.6 Å². The van der Waals surface area contributed by atoms with Crippen molar-refractivity contribution < 1.29 is 9.63 Å². The van der Waals surface area contributed by atoms with Crippen LogP contribution in [0.15, 0.2) is 0 Å². The number of carbonyl (C=O) groups is 1. The van der Waals surface area contributed by atoms with Gasteiger partial charge in [0.15, 0.2) is 0 Å². The lowest BCUT2D eigenvalue weighted by molar-refractivity contribution is -0.146. The molecule has 0 aromatic carbocycles. The van der Waals surface area contributed by atoms with Gasteiger partial charge < -0.3 is 15.9 Å². The molecule has 0 radical (unpaired) electrons. The van der Waals surface area contributed by atoms with Gasteiger partial charge in [0.05, 0.1) is 0 Å². The molecule has 0 aromatic rings. The zero-order valence-corrected chi connectivity index (χ0v) is 5.54. The Balaban J connectivity index is 2.46. The molecule has 5 N–H and O–H groups in total. The van der Waals surface area contributed by atoms with E-state index in [0.29, 0.717) is 0 Å². The van der Waals surface area contributed by atoms with Gasteiger partial charge in [-0.25, -0.2) is 4.79 Å². The summed E-state index contributed by atoms with van der Waals surface area (Å²) in [6.45, 7) is 0.751. The zero-order chi connectivity index (χ0) is 7.56. The first-order valence-electron chi connectivity index (χ1n) is 3.15. The fourth-order valence-corrected chi connectivity index (χ4v) is 1.05. The highest BCUT2D eigenvalue weighted by molar-refractivity contribution is 5.76. The number of nitrogens with one attached hydrogen (secondary N) is 1. The van der Waals surface area contributed by atoms with Crippen molar-refractivity contribution in [2.75, 3.05) is 6.54 Å². The van der Waals surface area contributed by atoms with E-state index in [-0.39, 0.29) is 6.04 Å². The lowest BCUT2D eigenvalue weighted by Gasteiger charge is -2.10. The predicted molar refractivity (Wildman–Crippen MR) is 34.7 cm³/mol. The van der Waals surface area contributed by atoms with Gasteiger partial charge in [-0.05, 0) is 13.0 Å². The van der Waals surface area contributed by atoms with E-state index in [1.54, 1.807) is 0 Å². The molecule has 0 aliphatic carbocycles. The van der Waals surface area contributed by atoms with Crippen LogP contribution in [0.5, 0.6) is 0 Å². The van der Waals surface area contributed by atoms with E-state index in [0.717, 1.165) is 13.0 Å². The summed E-state index contributed by atoms with van der Waals surface area (Å²) in [5.74, 6) is 4.19. The van der Waals surface area contributed by atoms with E-state index >= 15 is 0 Å². The van der Waals surface area contributed by atoms with Crippen LogP contribution < -0.4 is 16.9 Å². The van der Waals surface area contributed by atoms with E-state index in [2.05, 4.69) is 16.1 Å². The summed E-state index contributed by atoms with van der Waals surface area (Å²) in [5, 5.41) is 2.88. The van der Waals surface area contributed by atoms with Crippen molar-refractivity contribution in [2.45, 2.75) is 18.5 Å². The molecular weight excluding hydrogens is 134 g/mol. The van der Waals surface area contributed by atoms with Crippen LogP contribution in [0.25, 0.3) is 0 Å². The van der Waals surface area contributed by atoms with Crippen molar-refractivity contribution >= 4 is 5.97 Å². The number of carbonyl (C=O) groups excluding carboxylic acids is 1. The monoisotopic (exact) mass is 145 g/mol. The quantitative estimate of drug-likeness (QED) is 0.375. The van der Waals surface area contributed by atoms with Gasteiger partial charge in [0.2, 0.25) is 0 Å². The molecule has 1 fully saturated rings. The Labute approximate surface area is 58.7 Å². The topological polar surface area (TPSA) is 90.4 Å². The minimum atomic E-state index is -0.481. The third-order valence-corrected chi connectivity index (χ3v) is 1.64. The Morgan fingerprint density at radius 2 is 2.40 bits per heavy atom. The molecule has 58 valence electrons. The van der Waals surface area contributed by atoms with E-state index in [4.69, 9.17) is 5.73 Å². The molecule has 0 aromatic heterocycles. The molecule has 2 unspecified atom stereocenters. The van der Waals surface area contributed by atoms with E-state index < -0.39 is 12.0 Å². The number of hydrogen-bond acceptors (Lipinski definition) is 5. The van der Waals surface area contributed by atoms with Crippen molar-refractivity contribution in [3.8, 4) is 0 Å². The minimum absolute atomic E-state index is 0.156. The van der Waals surface area contributed by atoms with Crippen LogP contribution >= 0.6 is 0 Å². The van der Waals surface area contributed by atoms with Crippen LogP contribution in [0.3, 0.4) is 0 Å². The van der Waals surface area contributed by atoms with Crippen molar-refractivity contribution in [1.29, 1.82) is 0 Å². The molecule has 1 heterocycles. The Kier molecular flexibility index (Phi) is 2.21. The fourth-order valence-electron chi connectivity index (χ4n) is 1.05. The van der Waals surface area contributed by atoms with Crippen LogP contribution in [0, 0.1) is 0 Å². The Morgan fingerprint density at radius 3 is 2.80 bits per heavy atom. The van der Waals surface area contributed by atoms with E-state index in [1.807, 2.05) is 0 Å². The summed E-state index contributed by atoms with van der Waals surface area (Å²) in [7, 11) is 0. The van der Waals surface area contributed by atoms with Crippen LogP contribution in [-0.4, -0.2) is 24.6 Å². The van der Waals surface area contributed by atoms with Gasteiger partial charge >= 0.3 is 5.97 Å². The molecule has 1 saturated heterocycles. The van der Waals surface area contributed by atoms with Crippen LogP contribution in [0.2, 0.25) is 0 Å². The van der Waals surface area contributed by atoms with Crippen LogP contribution in [0.4, 0.5) is 0 Å². The predicted octanol–water partition coefficient (Wildman–Crippen LogP) is -1.91. The van der Waals surface area contributed by atoms with Crippen molar-refractivity contribution in [3.63, 3.8) is 0 Å². The molecule has 2 atom stereocenters. The van der Waals surface area contributed by atoms with Crippen LogP contribution in [-0.2, 0) is 9.63 Å². The minimum Gasteiger partial charge on any atom is -0.372 e. The standard InChI is InChI=1S/C5H11N3O2/c6-3-1-2-8-4(3)5(9)10-7/h3-4,8H,1-2,6-7H2. The molecular formula is C5H11N3O2. The number of hydrogen-bond donors (Lipinski definition) is 3. The van der Waals surface area contributed by atoms with E-state index in [9.17, 15) is 4.79 Å². The molecule has 5 heteroatoms. The smallest absolute Gasteiger partial charge is 0.343 e. The zero-order valence-electron chi connectivity index (χ0n) is 5.54. The second kappa shape index (κ2) is 2.96. The fraction of sp³-hybridized carbons (Fsp3) is 0.800. The number of nitrogens with two attached hydrogens (primary N) is 2. The first-order valence-corrected chi connectivity index (χ1v) is 3.15. The van der Waals surface area contributed by atoms with Gasteiger partial charge in [0, 0.05) is 6.04 Å². The molecule has 5 nitrogen and oxygen atoms in total. The molecule has 1 aliphatic rings. The summed E-state index contributed by atoms with van der Waals surface area (Å²) in [6.07, 6.45) is 0.791. The SMILES string of the molecule is NOC(=O)C1NCCC1N. The Bertz CT molecular complexity index is 139. The first-order chi connectivity index (χ1) is 4.75. The van der Waals surface area contributed by atoms with Crippen LogP contribution in [0.1, 0.15) is 6.42 Å². The van der Waals surface area contributed by atoms with Crippen molar-refractivity contribution in [1.82, 2.24) is 5.32 Å². The molecule has 1 aliphatic heterocycles. The largest absolute Gasteiger partial charge is 0.372 e. The Morgan fingerprint density at radius 1 is 1.70 bits per heavy atom. The van der Waals surface area contributed by atoms with E-state index in [1.165, 1.54) is 0 Å². The molecule has 0 saturated carbocycles. The molecule has 0 amide bonds. The molecule has 10 heavy (non-hydrogen) atoms. The maximum absolute atomic E-state index is 10.7. The molecule has 1 rings (SSSR count). The number of rotatable bonds is 1. The summed E-state index contributed by atoms with van der Waals surface area (Å²) >= 11 is 0. The lowest BCUT2D eigenvalue weighted by Crippen LogP contribution is -2.44. The Hall–Kier alpha value is -0.650. The normalized spacial score (nSPS) is 32.2. The second-order valence-corrected chi connectivity index (χ2v) is 2.32. The van der Waals surface area contributed by atoms with Gasteiger partial charge in [0.1, 0.15) is 6.04 Å². The summed E-state index contributed by atoms with van der Waals surface area (Å²) < 4.78 is 0. The lowest BCUT2D eigenvalue weighted by atomic mass is 10.1. The van der Waals surface area contributed by atoms with Gasteiger partial charge in [0.25, 0.3) is 0 Å². The third kappa shape index (κ3) is 1.26. The van der Waals surface area contributed by atoms with Crippen molar-refractivity contribution in [3.05, 3.63) is 0 Å². The summed E-state index contributed by atoms with van der Waals surface area (Å²) in [4.78, 5) is 14.8. The maximum atomic E-state index is 10.7. The highest BCUT2D eigenvalue weighted by Crippen LogP contribution is 2.04. The van der Waals surface area contributed by atoms with Gasteiger partial charge in [-0.2, -0.15) is 5.90 Å². The van der Waals surface area contributed by atoms with Gasteiger partial charge in [-0.3, -0.25) is 0 Å². The highest BCUT2D eigenvalue weighted by atomic mass is 16.7. The molecule has 0 spiro atoms. The third-order valence-electron chi connectivity index (χ3n) is 1.64.